The fourth-order valence-corrected chi connectivity index (χ4v) is 3.76. The Hall–Kier alpha value is -2.42. The molecule has 0 saturated heterocycles. The zero-order valence-corrected chi connectivity index (χ0v) is 15.4. The second-order valence-electron chi connectivity index (χ2n) is 5.83. The lowest BCUT2D eigenvalue weighted by atomic mass is 10.2. The molecule has 0 aromatic heterocycles. The quantitative estimate of drug-likeness (QED) is 0.723. The summed E-state index contributed by atoms with van der Waals surface area (Å²) in [5.41, 5.74) is 2.42. The Morgan fingerprint density at radius 3 is 2.81 bits per heavy atom. The van der Waals surface area contributed by atoms with Crippen molar-refractivity contribution in [2.24, 2.45) is 0 Å². The van der Waals surface area contributed by atoms with Crippen molar-refractivity contribution in [1.29, 1.82) is 0 Å². The van der Waals surface area contributed by atoms with Crippen LogP contribution in [0.15, 0.2) is 41.3 Å². The molecule has 26 heavy (non-hydrogen) atoms. The molecule has 2 amide bonds. The fraction of sp³-hybridized carbons (Fsp3) is 0.176. The molecular weight excluding hydrogens is 378 g/mol. The van der Waals surface area contributed by atoms with Crippen LogP contribution in [0.2, 0.25) is 5.02 Å². The van der Waals surface area contributed by atoms with Crippen LogP contribution in [0, 0.1) is 6.92 Å². The van der Waals surface area contributed by atoms with Gasteiger partial charge in [-0.2, -0.15) is 0 Å². The number of nitrogens with one attached hydrogen (secondary N) is 3. The van der Waals surface area contributed by atoms with Crippen LogP contribution in [-0.4, -0.2) is 26.8 Å². The number of hydrogen-bond donors (Lipinski definition) is 3. The minimum Gasteiger partial charge on any atom is -0.326 e. The van der Waals surface area contributed by atoms with Gasteiger partial charge in [0.2, 0.25) is 21.8 Å². The molecule has 2 aromatic rings. The predicted octanol–water partition coefficient (Wildman–Crippen LogP) is 2.06. The molecule has 136 valence electrons. The van der Waals surface area contributed by atoms with Gasteiger partial charge in [-0.15, -0.1) is 0 Å². The Kier molecular flexibility index (Phi) is 4.99. The first-order valence-electron chi connectivity index (χ1n) is 7.74. The summed E-state index contributed by atoms with van der Waals surface area (Å²) in [6.45, 7) is 1.32. The first-order chi connectivity index (χ1) is 12.3. The summed E-state index contributed by atoms with van der Waals surface area (Å²) in [4.78, 5) is 23.4. The van der Waals surface area contributed by atoms with Crippen molar-refractivity contribution in [3.05, 3.63) is 52.5 Å². The van der Waals surface area contributed by atoms with E-state index in [4.69, 9.17) is 11.6 Å². The Balaban J connectivity index is 1.67. The molecule has 3 N–H and O–H groups in total. The van der Waals surface area contributed by atoms with E-state index in [-0.39, 0.29) is 17.2 Å². The van der Waals surface area contributed by atoms with E-state index in [1.807, 2.05) is 0 Å². The molecule has 3 rings (SSSR count). The maximum absolute atomic E-state index is 12.4. The number of carbonyl (C=O) groups is 2. The molecule has 0 aliphatic carbocycles. The molecule has 2 aromatic carbocycles. The smallest absolute Gasteiger partial charge is 0.241 e. The average Bonchev–Trinajstić information content (AvgIpc) is 2.96. The summed E-state index contributed by atoms with van der Waals surface area (Å²) in [6, 6.07) is 9.40. The standard InChI is InChI=1S/C17H16ClN3O4S/c1-10-13(18)3-2-4-14(10)20-17(23)9-19-26(24,25)12-5-6-15-11(7-12)8-16(22)21-15/h2-7,19H,8-9H2,1H3,(H,20,23)(H,21,22). The third-order valence-corrected chi connectivity index (χ3v) is 5.79. The number of rotatable bonds is 5. The fourth-order valence-electron chi connectivity index (χ4n) is 2.55. The number of amides is 2. The molecule has 0 fully saturated rings. The van der Waals surface area contributed by atoms with Crippen molar-refractivity contribution in [3.8, 4) is 0 Å². The van der Waals surface area contributed by atoms with Crippen LogP contribution in [0.4, 0.5) is 11.4 Å². The van der Waals surface area contributed by atoms with Crippen LogP contribution in [0.1, 0.15) is 11.1 Å². The van der Waals surface area contributed by atoms with Crippen LogP contribution in [0.3, 0.4) is 0 Å². The molecule has 0 bridgehead atoms. The zero-order chi connectivity index (χ0) is 18.9. The topological polar surface area (TPSA) is 104 Å². The van der Waals surface area contributed by atoms with Crippen molar-refractivity contribution >= 4 is 44.8 Å². The number of anilines is 2. The van der Waals surface area contributed by atoms with E-state index in [1.54, 1.807) is 25.1 Å². The number of carbonyl (C=O) groups excluding carboxylic acids is 2. The van der Waals surface area contributed by atoms with Crippen LogP contribution in [0.25, 0.3) is 0 Å². The Morgan fingerprint density at radius 1 is 1.27 bits per heavy atom. The van der Waals surface area contributed by atoms with Gasteiger partial charge in [-0.25, -0.2) is 13.1 Å². The zero-order valence-electron chi connectivity index (χ0n) is 13.8. The summed E-state index contributed by atoms with van der Waals surface area (Å²) < 4.78 is 27.0. The van der Waals surface area contributed by atoms with E-state index < -0.39 is 22.5 Å². The first kappa shape index (κ1) is 18.4. The van der Waals surface area contributed by atoms with Gasteiger partial charge in [-0.05, 0) is 48.4 Å². The third-order valence-electron chi connectivity index (χ3n) is 3.98. The van der Waals surface area contributed by atoms with Crippen molar-refractivity contribution in [3.63, 3.8) is 0 Å². The highest BCUT2D eigenvalue weighted by Crippen LogP contribution is 2.26. The van der Waals surface area contributed by atoms with Gasteiger partial charge in [-0.3, -0.25) is 9.59 Å². The minimum atomic E-state index is -3.88. The lowest BCUT2D eigenvalue weighted by molar-refractivity contribution is -0.115. The molecule has 1 aliphatic rings. The van der Waals surface area contributed by atoms with Gasteiger partial charge >= 0.3 is 0 Å². The van der Waals surface area contributed by atoms with E-state index in [9.17, 15) is 18.0 Å². The van der Waals surface area contributed by atoms with Gasteiger partial charge in [0.25, 0.3) is 0 Å². The van der Waals surface area contributed by atoms with Crippen LogP contribution >= 0.6 is 11.6 Å². The highest BCUT2D eigenvalue weighted by atomic mass is 35.5. The molecule has 1 heterocycles. The number of halogens is 1. The Morgan fingerprint density at radius 2 is 2.04 bits per heavy atom. The van der Waals surface area contributed by atoms with E-state index in [1.165, 1.54) is 18.2 Å². The number of hydrogen-bond acceptors (Lipinski definition) is 4. The molecule has 1 aliphatic heterocycles. The van der Waals surface area contributed by atoms with Crippen molar-refractivity contribution in [2.75, 3.05) is 17.2 Å². The SMILES string of the molecule is Cc1c(Cl)cccc1NC(=O)CNS(=O)(=O)c1ccc2c(c1)CC(=O)N2. The van der Waals surface area contributed by atoms with Crippen LogP contribution in [0.5, 0.6) is 0 Å². The summed E-state index contributed by atoms with van der Waals surface area (Å²) in [6.07, 6.45) is 0.132. The molecule has 0 unspecified atom stereocenters. The lowest BCUT2D eigenvalue weighted by Gasteiger charge is -2.11. The largest absolute Gasteiger partial charge is 0.326 e. The second-order valence-corrected chi connectivity index (χ2v) is 8.00. The number of sulfonamides is 1. The number of benzene rings is 2. The van der Waals surface area contributed by atoms with Crippen molar-refractivity contribution < 1.29 is 18.0 Å². The van der Waals surface area contributed by atoms with Gasteiger partial charge in [0.15, 0.2) is 0 Å². The normalized spacial score (nSPS) is 13.2. The maximum atomic E-state index is 12.4. The van der Waals surface area contributed by atoms with Crippen LogP contribution < -0.4 is 15.4 Å². The highest BCUT2D eigenvalue weighted by Gasteiger charge is 2.22. The molecular formula is C17H16ClN3O4S. The van der Waals surface area contributed by atoms with Gasteiger partial charge in [-0.1, -0.05) is 17.7 Å². The van der Waals surface area contributed by atoms with Gasteiger partial charge in [0, 0.05) is 16.4 Å². The van der Waals surface area contributed by atoms with E-state index >= 15 is 0 Å². The second kappa shape index (κ2) is 7.06. The van der Waals surface area contributed by atoms with E-state index in [0.717, 1.165) is 0 Å². The third kappa shape index (κ3) is 3.87. The van der Waals surface area contributed by atoms with E-state index in [0.29, 0.717) is 27.5 Å². The monoisotopic (exact) mass is 393 g/mol. The van der Waals surface area contributed by atoms with Gasteiger partial charge in [0.05, 0.1) is 17.9 Å². The lowest BCUT2D eigenvalue weighted by Crippen LogP contribution is -2.33. The van der Waals surface area contributed by atoms with Crippen molar-refractivity contribution in [1.82, 2.24) is 4.72 Å². The predicted molar refractivity (Wildman–Crippen MR) is 98.8 cm³/mol. The first-order valence-corrected chi connectivity index (χ1v) is 9.60. The summed E-state index contributed by atoms with van der Waals surface area (Å²) in [5.74, 6) is -0.698. The van der Waals surface area contributed by atoms with Gasteiger partial charge in [0.1, 0.15) is 0 Å². The van der Waals surface area contributed by atoms with E-state index in [2.05, 4.69) is 15.4 Å². The van der Waals surface area contributed by atoms with Gasteiger partial charge < -0.3 is 10.6 Å². The van der Waals surface area contributed by atoms with Crippen molar-refractivity contribution in [2.45, 2.75) is 18.2 Å². The number of fused-ring (bicyclic) bond motifs is 1. The molecule has 9 heteroatoms. The summed E-state index contributed by atoms with van der Waals surface area (Å²) in [5, 5.41) is 5.76. The Bertz CT molecular complexity index is 1010. The summed E-state index contributed by atoms with van der Waals surface area (Å²) >= 11 is 5.99. The average molecular weight is 394 g/mol. The molecule has 7 nitrogen and oxygen atoms in total. The molecule has 0 saturated carbocycles. The minimum absolute atomic E-state index is 0.000476. The van der Waals surface area contributed by atoms with Crippen LogP contribution in [-0.2, 0) is 26.0 Å². The molecule has 0 radical (unpaired) electrons. The molecule has 0 spiro atoms. The highest BCUT2D eigenvalue weighted by molar-refractivity contribution is 7.89. The molecule has 0 atom stereocenters. The Labute approximate surface area is 155 Å². The summed E-state index contributed by atoms with van der Waals surface area (Å²) in [7, 11) is -3.88. The maximum Gasteiger partial charge on any atom is 0.241 e.